The first kappa shape index (κ1) is 21.0. The van der Waals surface area contributed by atoms with Crippen LogP contribution in [0, 0.1) is 11.8 Å². The van der Waals surface area contributed by atoms with Crippen LogP contribution in [0.15, 0.2) is 60.7 Å². The molecule has 0 aliphatic heterocycles. The summed E-state index contributed by atoms with van der Waals surface area (Å²) in [6.07, 6.45) is 0.850. The van der Waals surface area contributed by atoms with Crippen LogP contribution in [0.3, 0.4) is 0 Å². The average Bonchev–Trinajstić information content (AvgIpc) is 2.72. The van der Waals surface area contributed by atoms with Gasteiger partial charge in [0.05, 0.1) is 26.4 Å². The largest absolute Gasteiger partial charge is 0.376 e. The van der Waals surface area contributed by atoms with Crippen LogP contribution >= 0.6 is 0 Å². The highest BCUT2D eigenvalue weighted by atomic mass is 16.7. The minimum Gasteiger partial charge on any atom is -0.376 e. The van der Waals surface area contributed by atoms with Gasteiger partial charge in [-0.25, -0.2) is 0 Å². The molecule has 0 saturated heterocycles. The van der Waals surface area contributed by atoms with Gasteiger partial charge in [-0.1, -0.05) is 60.7 Å². The van der Waals surface area contributed by atoms with Crippen LogP contribution < -0.4 is 0 Å². The van der Waals surface area contributed by atoms with Gasteiger partial charge in [0.25, 0.3) is 0 Å². The monoisotopic (exact) mass is 384 g/mol. The molecule has 3 rings (SSSR count). The second-order valence-electron chi connectivity index (χ2n) is 7.25. The number of benzene rings is 2. The Hall–Kier alpha value is -1.72. The molecule has 4 heteroatoms. The van der Waals surface area contributed by atoms with Crippen LogP contribution in [0.5, 0.6) is 0 Å². The normalized spacial score (nSPS) is 20.6. The third-order valence-electron chi connectivity index (χ3n) is 5.31. The molecule has 1 aliphatic carbocycles. The Morgan fingerprint density at radius 3 is 1.75 bits per heavy atom. The molecule has 1 fully saturated rings. The van der Waals surface area contributed by atoms with Gasteiger partial charge in [-0.2, -0.15) is 0 Å². The molecule has 28 heavy (non-hydrogen) atoms. The first-order valence-corrected chi connectivity index (χ1v) is 10.3. The molecule has 0 amide bonds. The van der Waals surface area contributed by atoms with Gasteiger partial charge in [-0.15, -0.1) is 0 Å². The second-order valence-corrected chi connectivity index (χ2v) is 7.25. The van der Waals surface area contributed by atoms with Crippen molar-refractivity contribution in [3.05, 3.63) is 71.8 Å². The van der Waals surface area contributed by atoms with Gasteiger partial charge in [-0.05, 0) is 30.9 Å². The molecule has 2 atom stereocenters. The maximum atomic E-state index is 6.06. The summed E-state index contributed by atoms with van der Waals surface area (Å²) in [4.78, 5) is 0. The highest BCUT2D eigenvalue weighted by molar-refractivity contribution is 5.14. The summed E-state index contributed by atoms with van der Waals surface area (Å²) < 4.78 is 24.2. The zero-order valence-corrected chi connectivity index (χ0v) is 17.0. The Bertz CT molecular complexity index is 668. The Morgan fingerprint density at radius 2 is 1.25 bits per heavy atom. The Balaban J connectivity index is 1.55. The number of ether oxygens (including phenoxy) is 4. The number of rotatable bonds is 12. The van der Waals surface area contributed by atoms with E-state index in [1.807, 2.05) is 50.2 Å². The molecule has 1 saturated carbocycles. The van der Waals surface area contributed by atoms with Crippen LogP contribution in [-0.2, 0) is 32.2 Å². The average molecular weight is 385 g/mol. The lowest BCUT2D eigenvalue weighted by molar-refractivity contribution is -0.341. The van der Waals surface area contributed by atoms with Crippen molar-refractivity contribution < 1.29 is 18.9 Å². The Labute approximate surface area is 168 Å². The minimum absolute atomic E-state index is 0.173. The SMILES string of the molecule is CCOC1(OCC)C[C@H](COCc2ccccc2)[C@H]1COCc1ccccc1. The van der Waals surface area contributed by atoms with Crippen molar-refractivity contribution in [3.63, 3.8) is 0 Å². The van der Waals surface area contributed by atoms with Crippen molar-refractivity contribution in [1.82, 2.24) is 0 Å². The second kappa shape index (κ2) is 10.7. The van der Waals surface area contributed by atoms with Crippen molar-refractivity contribution in [2.24, 2.45) is 11.8 Å². The van der Waals surface area contributed by atoms with E-state index >= 15 is 0 Å². The summed E-state index contributed by atoms with van der Waals surface area (Å²) in [6.45, 7) is 7.82. The molecule has 1 aliphatic rings. The summed E-state index contributed by atoms with van der Waals surface area (Å²) in [6, 6.07) is 20.5. The van der Waals surface area contributed by atoms with E-state index in [0.29, 0.717) is 45.6 Å². The van der Waals surface area contributed by atoms with Gasteiger partial charge in [0, 0.05) is 25.6 Å². The highest BCUT2D eigenvalue weighted by Crippen LogP contribution is 2.48. The van der Waals surface area contributed by atoms with E-state index in [4.69, 9.17) is 18.9 Å². The van der Waals surface area contributed by atoms with Crippen molar-refractivity contribution in [2.45, 2.75) is 39.3 Å². The van der Waals surface area contributed by atoms with Gasteiger partial charge < -0.3 is 18.9 Å². The van der Waals surface area contributed by atoms with Crippen LogP contribution in [0.4, 0.5) is 0 Å². The molecular weight excluding hydrogens is 352 g/mol. The molecule has 0 heterocycles. The van der Waals surface area contributed by atoms with E-state index in [1.54, 1.807) is 0 Å². The molecule has 2 aromatic carbocycles. The highest BCUT2D eigenvalue weighted by Gasteiger charge is 2.56. The summed E-state index contributed by atoms with van der Waals surface area (Å²) in [5.74, 6) is 0.00509. The summed E-state index contributed by atoms with van der Waals surface area (Å²) >= 11 is 0. The molecule has 152 valence electrons. The van der Waals surface area contributed by atoms with E-state index in [-0.39, 0.29) is 5.92 Å². The molecule has 0 aromatic heterocycles. The van der Waals surface area contributed by atoms with E-state index in [2.05, 4.69) is 24.3 Å². The fourth-order valence-corrected chi connectivity index (χ4v) is 3.94. The number of hydrogen-bond acceptors (Lipinski definition) is 4. The van der Waals surface area contributed by atoms with Gasteiger partial charge in [0.2, 0.25) is 0 Å². The van der Waals surface area contributed by atoms with Crippen molar-refractivity contribution in [3.8, 4) is 0 Å². The lowest BCUT2D eigenvalue weighted by Crippen LogP contribution is -2.60. The van der Waals surface area contributed by atoms with Crippen molar-refractivity contribution in [1.29, 1.82) is 0 Å². The fourth-order valence-electron chi connectivity index (χ4n) is 3.94. The topological polar surface area (TPSA) is 36.9 Å². The van der Waals surface area contributed by atoms with E-state index < -0.39 is 5.79 Å². The molecule has 4 nitrogen and oxygen atoms in total. The summed E-state index contributed by atoms with van der Waals surface area (Å²) in [5.41, 5.74) is 2.37. The molecular formula is C24H32O4. The van der Waals surface area contributed by atoms with E-state index in [0.717, 1.165) is 6.42 Å². The van der Waals surface area contributed by atoms with Crippen molar-refractivity contribution >= 4 is 0 Å². The summed E-state index contributed by atoms with van der Waals surface area (Å²) in [5, 5.41) is 0. The van der Waals surface area contributed by atoms with Gasteiger partial charge >= 0.3 is 0 Å². The van der Waals surface area contributed by atoms with E-state index in [9.17, 15) is 0 Å². The van der Waals surface area contributed by atoms with Crippen LogP contribution in [-0.4, -0.2) is 32.2 Å². The van der Waals surface area contributed by atoms with Crippen LogP contribution in [0.1, 0.15) is 31.4 Å². The van der Waals surface area contributed by atoms with Crippen LogP contribution in [0.25, 0.3) is 0 Å². The zero-order valence-electron chi connectivity index (χ0n) is 17.0. The third kappa shape index (κ3) is 5.42. The summed E-state index contributed by atoms with van der Waals surface area (Å²) in [7, 11) is 0. The third-order valence-corrected chi connectivity index (χ3v) is 5.31. The van der Waals surface area contributed by atoms with Gasteiger partial charge in [0.1, 0.15) is 0 Å². The standard InChI is InChI=1S/C24H32O4/c1-3-27-24(28-4-2)15-22(18-25-16-20-11-7-5-8-12-20)23(24)19-26-17-21-13-9-6-10-14-21/h5-14,22-23H,3-4,15-19H2,1-2H3/t22-,23-/m1/s1. The predicted molar refractivity (Wildman–Crippen MR) is 110 cm³/mol. The molecule has 0 bridgehead atoms. The van der Waals surface area contributed by atoms with Crippen molar-refractivity contribution in [2.75, 3.05) is 26.4 Å². The van der Waals surface area contributed by atoms with Crippen LogP contribution in [0.2, 0.25) is 0 Å². The molecule has 0 N–H and O–H groups in total. The van der Waals surface area contributed by atoms with Gasteiger partial charge in [0.15, 0.2) is 5.79 Å². The zero-order chi connectivity index (χ0) is 19.7. The minimum atomic E-state index is -0.541. The fraction of sp³-hybridized carbons (Fsp3) is 0.500. The van der Waals surface area contributed by atoms with Gasteiger partial charge in [-0.3, -0.25) is 0 Å². The predicted octanol–water partition coefficient (Wildman–Crippen LogP) is 4.83. The smallest absolute Gasteiger partial charge is 0.173 e. The lowest BCUT2D eigenvalue weighted by Gasteiger charge is -2.53. The quantitative estimate of drug-likeness (QED) is 0.492. The molecule has 2 aromatic rings. The Morgan fingerprint density at radius 1 is 0.750 bits per heavy atom. The first-order valence-electron chi connectivity index (χ1n) is 10.3. The number of hydrogen-bond donors (Lipinski definition) is 0. The molecule has 0 radical (unpaired) electrons. The first-order chi connectivity index (χ1) is 13.8. The maximum absolute atomic E-state index is 6.06. The molecule has 0 unspecified atom stereocenters. The maximum Gasteiger partial charge on any atom is 0.173 e. The lowest BCUT2D eigenvalue weighted by atomic mass is 9.68. The molecule has 0 spiro atoms. The van der Waals surface area contributed by atoms with E-state index in [1.165, 1.54) is 11.1 Å². The Kier molecular flexibility index (Phi) is 8.04.